The van der Waals surface area contributed by atoms with E-state index in [1.54, 1.807) is 12.3 Å². The summed E-state index contributed by atoms with van der Waals surface area (Å²) in [7, 11) is 0. The van der Waals surface area contributed by atoms with E-state index in [0.29, 0.717) is 11.8 Å². The lowest BCUT2D eigenvalue weighted by atomic mass is 10.1. The Bertz CT molecular complexity index is 569. The van der Waals surface area contributed by atoms with E-state index in [1.165, 1.54) is 5.56 Å². The number of nitrogens with one attached hydrogen (secondary N) is 1. The molecule has 3 N–H and O–H groups in total. The lowest BCUT2D eigenvalue weighted by molar-refractivity contribution is 0.455. The SMILES string of the molecule is Cc1ccc(C)c(Oc2ccnc(NN)n2)c1C. The van der Waals surface area contributed by atoms with Gasteiger partial charge in [-0.15, -0.1) is 0 Å². The van der Waals surface area contributed by atoms with Crippen LogP contribution in [0.15, 0.2) is 24.4 Å². The van der Waals surface area contributed by atoms with E-state index < -0.39 is 0 Å². The molecular formula is C13H16N4O. The van der Waals surface area contributed by atoms with Crippen molar-refractivity contribution in [1.82, 2.24) is 9.97 Å². The van der Waals surface area contributed by atoms with Crippen molar-refractivity contribution in [2.75, 3.05) is 5.43 Å². The first-order chi connectivity index (χ1) is 8.61. The maximum absolute atomic E-state index is 5.82. The average Bonchev–Trinajstić information content (AvgIpc) is 2.39. The molecule has 0 aliphatic heterocycles. The van der Waals surface area contributed by atoms with Crippen LogP contribution in [-0.2, 0) is 0 Å². The fourth-order valence-electron chi connectivity index (χ4n) is 1.66. The Kier molecular flexibility index (Phi) is 3.43. The molecule has 18 heavy (non-hydrogen) atoms. The number of hydrogen-bond acceptors (Lipinski definition) is 5. The molecule has 1 aromatic heterocycles. The fraction of sp³-hybridized carbons (Fsp3) is 0.231. The zero-order valence-corrected chi connectivity index (χ0v) is 10.7. The number of ether oxygens (including phenoxy) is 1. The summed E-state index contributed by atoms with van der Waals surface area (Å²) >= 11 is 0. The number of aromatic nitrogens is 2. The summed E-state index contributed by atoms with van der Waals surface area (Å²) in [4.78, 5) is 8.06. The van der Waals surface area contributed by atoms with Crippen molar-refractivity contribution in [2.45, 2.75) is 20.8 Å². The molecule has 0 unspecified atom stereocenters. The molecule has 1 aromatic carbocycles. The molecule has 0 aliphatic rings. The summed E-state index contributed by atoms with van der Waals surface area (Å²) in [5.41, 5.74) is 5.75. The number of aryl methyl sites for hydroxylation is 2. The predicted molar refractivity (Wildman–Crippen MR) is 70.6 cm³/mol. The van der Waals surface area contributed by atoms with Crippen LogP contribution in [0.5, 0.6) is 11.6 Å². The highest BCUT2D eigenvalue weighted by molar-refractivity contribution is 5.46. The van der Waals surface area contributed by atoms with E-state index in [9.17, 15) is 0 Å². The molecule has 0 atom stereocenters. The van der Waals surface area contributed by atoms with Gasteiger partial charge >= 0.3 is 0 Å². The summed E-state index contributed by atoms with van der Waals surface area (Å²) in [6.07, 6.45) is 1.60. The predicted octanol–water partition coefficient (Wildman–Crippen LogP) is 2.48. The van der Waals surface area contributed by atoms with Gasteiger partial charge in [0.25, 0.3) is 0 Å². The topological polar surface area (TPSA) is 73.1 Å². The summed E-state index contributed by atoms with van der Waals surface area (Å²) in [6, 6.07) is 5.80. The van der Waals surface area contributed by atoms with E-state index in [2.05, 4.69) is 28.4 Å². The maximum Gasteiger partial charge on any atom is 0.240 e. The molecule has 0 aliphatic carbocycles. The van der Waals surface area contributed by atoms with E-state index >= 15 is 0 Å². The molecular weight excluding hydrogens is 228 g/mol. The molecule has 2 aromatic rings. The number of hydrazine groups is 1. The van der Waals surface area contributed by atoms with Crippen LogP contribution in [-0.4, -0.2) is 9.97 Å². The monoisotopic (exact) mass is 244 g/mol. The minimum atomic E-state index is 0.329. The zero-order valence-electron chi connectivity index (χ0n) is 10.7. The van der Waals surface area contributed by atoms with Crippen LogP contribution in [0.25, 0.3) is 0 Å². The minimum Gasteiger partial charge on any atom is -0.438 e. The Hall–Kier alpha value is -2.14. The first-order valence-corrected chi connectivity index (χ1v) is 5.66. The highest BCUT2D eigenvalue weighted by Crippen LogP contribution is 2.29. The van der Waals surface area contributed by atoms with Crippen molar-refractivity contribution >= 4 is 5.95 Å². The van der Waals surface area contributed by atoms with Crippen LogP contribution in [0, 0.1) is 20.8 Å². The van der Waals surface area contributed by atoms with Crippen LogP contribution in [0.4, 0.5) is 5.95 Å². The molecule has 5 heteroatoms. The number of rotatable bonds is 3. The van der Waals surface area contributed by atoms with Crippen LogP contribution < -0.4 is 16.0 Å². The number of nitrogens with two attached hydrogens (primary N) is 1. The molecule has 2 rings (SSSR count). The standard InChI is InChI=1S/C13H16N4O/c1-8-4-5-9(2)12(10(8)3)18-11-6-7-15-13(16-11)17-14/h4-7H,14H2,1-3H3,(H,15,16,17). The van der Waals surface area contributed by atoms with Gasteiger partial charge in [-0.25, -0.2) is 10.8 Å². The van der Waals surface area contributed by atoms with Gasteiger partial charge in [0.15, 0.2) is 0 Å². The second kappa shape index (κ2) is 5.01. The Morgan fingerprint density at radius 3 is 2.56 bits per heavy atom. The number of nitrogen functional groups attached to an aromatic ring is 1. The van der Waals surface area contributed by atoms with Crippen molar-refractivity contribution in [3.05, 3.63) is 41.1 Å². The van der Waals surface area contributed by atoms with Crippen molar-refractivity contribution in [2.24, 2.45) is 5.84 Å². The van der Waals surface area contributed by atoms with Crippen LogP contribution in [0.2, 0.25) is 0 Å². The average molecular weight is 244 g/mol. The molecule has 1 heterocycles. The van der Waals surface area contributed by atoms with Crippen LogP contribution >= 0.6 is 0 Å². The van der Waals surface area contributed by atoms with Crippen molar-refractivity contribution in [1.29, 1.82) is 0 Å². The first-order valence-electron chi connectivity index (χ1n) is 5.66. The second-order valence-corrected chi connectivity index (χ2v) is 4.12. The summed E-state index contributed by atoms with van der Waals surface area (Å²) in [6.45, 7) is 6.08. The second-order valence-electron chi connectivity index (χ2n) is 4.12. The van der Waals surface area contributed by atoms with Crippen molar-refractivity contribution in [3.63, 3.8) is 0 Å². The van der Waals surface area contributed by atoms with Crippen molar-refractivity contribution in [3.8, 4) is 11.6 Å². The highest BCUT2D eigenvalue weighted by Gasteiger charge is 2.08. The smallest absolute Gasteiger partial charge is 0.240 e. The van der Waals surface area contributed by atoms with Crippen molar-refractivity contribution < 1.29 is 4.74 Å². The Balaban J connectivity index is 2.36. The summed E-state index contributed by atoms with van der Waals surface area (Å²) in [5.74, 6) is 6.89. The number of anilines is 1. The van der Waals surface area contributed by atoms with Gasteiger partial charge in [0.05, 0.1) is 0 Å². The summed E-state index contributed by atoms with van der Waals surface area (Å²) < 4.78 is 5.82. The third kappa shape index (κ3) is 2.41. The molecule has 0 saturated carbocycles. The number of nitrogens with zero attached hydrogens (tertiary/aromatic N) is 2. The van der Waals surface area contributed by atoms with E-state index in [0.717, 1.165) is 16.9 Å². The molecule has 5 nitrogen and oxygen atoms in total. The van der Waals surface area contributed by atoms with Gasteiger partial charge in [-0.1, -0.05) is 12.1 Å². The lowest BCUT2D eigenvalue weighted by Gasteiger charge is -2.13. The van der Waals surface area contributed by atoms with Gasteiger partial charge in [-0.2, -0.15) is 4.98 Å². The lowest BCUT2D eigenvalue weighted by Crippen LogP contribution is -2.10. The fourth-order valence-corrected chi connectivity index (χ4v) is 1.66. The van der Waals surface area contributed by atoms with E-state index in [4.69, 9.17) is 10.6 Å². The highest BCUT2D eigenvalue weighted by atomic mass is 16.5. The molecule has 94 valence electrons. The molecule has 0 radical (unpaired) electrons. The normalized spacial score (nSPS) is 10.2. The summed E-state index contributed by atoms with van der Waals surface area (Å²) in [5, 5.41) is 0. The van der Waals surface area contributed by atoms with Gasteiger partial charge in [-0.3, -0.25) is 5.43 Å². The first kappa shape index (κ1) is 12.3. The zero-order chi connectivity index (χ0) is 13.1. The minimum absolute atomic E-state index is 0.329. The third-order valence-corrected chi connectivity index (χ3v) is 2.84. The molecule has 0 fully saturated rings. The third-order valence-electron chi connectivity index (χ3n) is 2.84. The van der Waals surface area contributed by atoms with Gasteiger partial charge in [-0.05, 0) is 37.5 Å². The molecule has 0 spiro atoms. The van der Waals surface area contributed by atoms with Gasteiger partial charge in [0.1, 0.15) is 5.75 Å². The quantitative estimate of drug-likeness (QED) is 0.641. The molecule has 0 saturated heterocycles. The molecule has 0 bridgehead atoms. The van der Waals surface area contributed by atoms with Gasteiger partial charge in [0.2, 0.25) is 11.8 Å². The number of benzene rings is 1. The van der Waals surface area contributed by atoms with Crippen LogP contribution in [0.3, 0.4) is 0 Å². The Labute approximate surface area is 106 Å². The van der Waals surface area contributed by atoms with Gasteiger partial charge < -0.3 is 4.74 Å². The van der Waals surface area contributed by atoms with E-state index in [1.807, 2.05) is 19.9 Å². The maximum atomic E-state index is 5.82. The van der Waals surface area contributed by atoms with E-state index in [-0.39, 0.29) is 0 Å². The van der Waals surface area contributed by atoms with Crippen LogP contribution in [0.1, 0.15) is 16.7 Å². The molecule has 0 amide bonds. The Morgan fingerprint density at radius 2 is 1.83 bits per heavy atom. The Morgan fingerprint density at radius 1 is 1.11 bits per heavy atom. The largest absolute Gasteiger partial charge is 0.438 e. The number of hydrogen-bond donors (Lipinski definition) is 2. The van der Waals surface area contributed by atoms with Gasteiger partial charge in [0, 0.05) is 12.3 Å².